The highest BCUT2D eigenvalue weighted by atomic mass is 35.5. The Hall–Kier alpha value is -2.43. The number of carbonyl (C=O) groups is 2. The minimum absolute atomic E-state index is 0.126. The summed E-state index contributed by atoms with van der Waals surface area (Å²) in [6, 6.07) is 6.07. The number of likely N-dealkylation sites (N-methyl/N-ethyl adjacent to an activating group) is 1. The number of halogens is 4. The van der Waals surface area contributed by atoms with E-state index in [9.17, 15) is 26.8 Å². The first-order valence-corrected chi connectivity index (χ1v) is 11.8. The van der Waals surface area contributed by atoms with E-state index in [1.807, 2.05) is 0 Å². The average molecular weight is 508 g/mol. The summed E-state index contributed by atoms with van der Waals surface area (Å²) < 4.78 is 52.3. The van der Waals surface area contributed by atoms with Gasteiger partial charge in [-0.1, -0.05) is 29.3 Å². The zero-order chi connectivity index (χ0) is 24.2. The largest absolute Gasteiger partial charge is 0.357 e. The summed E-state index contributed by atoms with van der Waals surface area (Å²) >= 11 is 12.1. The molecular weight excluding hydrogens is 487 g/mol. The molecule has 0 saturated carbocycles. The predicted molar refractivity (Wildman–Crippen MR) is 119 cm³/mol. The van der Waals surface area contributed by atoms with Gasteiger partial charge in [0.15, 0.2) is 11.6 Å². The fourth-order valence-electron chi connectivity index (χ4n) is 2.88. The highest BCUT2D eigenvalue weighted by Gasteiger charge is 2.30. The molecule has 0 aliphatic carbocycles. The number of benzene rings is 2. The van der Waals surface area contributed by atoms with Crippen LogP contribution in [0, 0.1) is 11.6 Å². The maximum Gasteiger partial charge on any atom is 0.244 e. The van der Waals surface area contributed by atoms with Crippen LogP contribution in [0.4, 0.5) is 14.5 Å². The second-order valence-corrected chi connectivity index (χ2v) is 9.67. The lowest BCUT2D eigenvalue weighted by Crippen LogP contribution is -2.50. The Kier molecular flexibility index (Phi) is 8.44. The molecule has 2 aromatic rings. The molecule has 174 valence electrons. The highest BCUT2D eigenvalue weighted by molar-refractivity contribution is 7.92. The zero-order valence-electron chi connectivity index (χ0n) is 17.4. The molecule has 0 radical (unpaired) electrons. The number of carbonyl (C=O) groups excluding carboxylic acids is 2. The van der Waals surface area contributed by atoms with E-state index in [1.165, 1.54) is 20.0 Å². The number of nitrogens with zero attached hydrogens (tertiary/aromatic N) is 2. The second kappa shape index (κ2) is 10.5. The molecule has 0 unspecified atom stereocenters. The molecular formula is C20H21Cl2F2N3O4S. The van der Waals surface area contributed by atoms with Gasteiger partial charge in [0.1, 0.15) is 12.6 Å². The van der Waals surface area contributed by atoms with E-state index in [1.54, 1.807) is 12.1 Å². The molecule has 2 amide bonds. The number of amides is 2. The predicted octanol–water partition coefficient (Wildman–Crippen LogP) is 3.20. The van der Waals surface area contributed by atoms with Crippen LogP contribution in [0.5, 0.6) is 0 Å². The monoisotopic (exact) mass is 507 g/mol. The number of hydrogen-bond acceptors (Lipinski definition) is 4. The highest BCUT2D eigenvalue weighted by Crippen LogP contribution is 2.25. The van der Waals surface area contributed by atoms with Crippen LogP contribution in [0.2, 0.25) is 10.0 Å². The third kappa shape index (κ3) is 6.30. The minimum Gasteiger partial charge on any atom is -0.357 e. The molecule has 12 heteroatoms. The third-order valence-corrected chi connectivity index (χ3v) is 6.37. The third-order valence-electron chi connectivity index (χ3n) is 4.64. The van der Waals surface area contributed by atoms with Gasteiger partial charge in [0.2, 0.25) is 21.8 Å². The lowest BCUT2D eigenvalue weighted by Gasteiger charge is -2.31. The van der Waals surface area contributed by atoms with Gasteiger partial charge in [0.25, 0.3) is 0 Å². The van der Waals surface area contributed by atoms with Crippen molar-refractivity contribution in [3.63, 3.8) is 0 Å². The van der Waals surface area contributed by atoms with Crippen LogP contribution in [0.1, 0.15) is 12.5 Å². The molecule has 2 aromatic carbocycles. The summed E-state index contributed by atoms with van der Waals surface area (Å²) in [5, 5.41) is 3.05. The normalized spacial score (nSPS) is 12.2. The van der Waals surface area contributed by atoms with Crippen molar-refractivity contribution < 1.29 is 26.8 Å². The topological polar surface area (TPSA) is 86.8 Å². The molecule has 0 aliphatic heterocycles. The summed E-state index contributed by atoms with van der Waals surface area (Å²) in [4.78, 5) is 26.5. The van der Waals surface area contributed by atoms with Crippen LogP contribution in [0.3, 0.4) is 0 Å². The Morgan fingerprint density at radius 3 is 2.28 bits per heavy atom. The van der Waals surface area contributed by atoms with Crippen molar-refractivity contribution in [2.24, 2.45) is 0 Å². The van der Waals surface area contributed by atoms with Gasteiger partial charge in [-0.05, 0) is 36.8 Å². The molecule has 2 rings (SSSR count). The first-order chi connectivity index (χ1) is 14.8. The minimum atomic E-state index is -4.06. The smallest absolute Gasteiger partial charge is 0.244 e. The first-order valence-electron chi connectivity index (χ1n) is 9.23. The molecule has 32 heavy (non-hydrogen) atoms. The molecule has 7 nitrogen and oxygen atoms in total. The van der Waals surface area contributed by atoms with Gasteiger partial charge in [-0.2, -0.15) is 0 Å². The molecule has 1 N–H and O–H groups in total. The summed E-state index contributed by atoms with van der Waals surface area (Å²) in [5.74, 6) is -3.70. The van der Waals surface area contributed by atoms with Crippen molar-refractivity contribution in [2.45, 2.75) is 19.5 Å². The lowest BCUT2D eigenvalue weighted by molar-refractivity contribution is -0.139. The van der Waals surface area contributed by atoms with Crippen LogP contribution in [-0.2, 0) is 26.2 Å². The van der Waals surface area contributed by atoms with Crippen molar-refractivity contribution in [2.75, 3.05) is 24.2 Å². The number of anilines is 1. The van der Waals surface area contributed by atoms with E-state index < -0.39 is 46.1 Å². The summed E-state index contributed by atoms with van der Waals surface area (Å²) in [7, 11) is -2.67. The molecule has 0 heterocycles. The van der Waals surface area contributed by atoms with Crippen LogP contribution in [0.15, 0.2) is 36.4 Å². The number of nitrogens with one attached hydrogen (secondary N) is 1. The molecule has 0 aliphatic rings. The SMILES string of the molecule is CNC(=O)[C@H](C)N(Cc1ccc(Cl)cc1Cl)C(=O)CN(c1ccc(F)c(F)c1)S(C)(=O)=O. The van der Waals surface area contributed by atoms with Gasteiger partial charge < -0.3 is 10.2 Å². The van der Waals surface area contributed by atoms with Gasteiger partial charge in [-0.15, -0.1) is 0 Å². The van der Waals surface area contributed by atoms with E-state index in [4.69, 9.17) is 23.2 Å². The van der Waals surface area contributed by atoms with Gasteiger partial charge in [-0.25, -0.2) is 17.2 Å². The van der Waals surface area contributed by atoms with E-state index >= 15 is 0 Å². The second-order valence-electron chi connectivity index (χ2n) is 6.92. The number of rotatable bonds is 8. The van der Waals surface area contributed by atoms with E-state index in [0.29, 0.717) is 21.0 Å². The van der Waals surface area contributed by atoms with E-state index in [-0.39, 0.29) is 17.3 Å². The Labute approximate surface area is 194 Å². The standard InChI is InChI=1S/C20H21Cl2F2N3O4S/c1-12(20(29)25-2)26(10-13-4-5-14(21)8-16(13)22)19(28)11-27(32(3,30)31)15-6-7-17(23)18(24)9-15/h4-9,12H,10-11H2,1-3H3,(H,25,29)/t12-/m0/s1. The van der Waals surface area contributed by atoms with Gasteiger partial charge >= 0.3 is 0 Å². The fraction of sp³-hybridized carbons (Fsp3) is 0.300. The average Bonchev–Trinajstić information content (AvgIpc) is 2.71. The quantitative estimate of drug-likeness (QED) is 0.594. The molecule has 0 bridgehead atoms. The van der Waals surface area contributed by atoms with Crippen molar-refractivity contribution in [1.29, 1.82) is 0 Å². The molecule has 0 spiro atoms. The summed E-state index contributed by atoms with van der Waals surface area (Å²) in [6.45, 7) is 0.582. The Morgan fingerprint density at radius 1 is 1.09 bits per heavy atom. The first kappa shape index (κ1) is 25.8. The van der Waals surface area contributed by atoms with E-state index in [2.05, 4.69) is 5.32 Å². The Morgan fingerprint density at radius 2 is 1.75 bits per heavy atom. The van der Waals surface area contributed by atoms with Crippen molar-refractivity contribution in [3.05, 3.63) is 63.6 Å². The van der Waals surface area contributed by atoms with Crippen LogP contribution < -0.4 is 9.62 Å². The number of sulfonamides is 1. The Balaban J connectivity index is 2.43. The maximum atomic E-state index is 13.7. The maximum absolute atomic E-state index is 13.7. The van der Waals surface area contributed by atoms with Crippen molar-refractivity contribution in [1.82, 2.24) is 10.2 Å². The van der Waals surface area contributed by atoms with E-state index in [0.717, 1.165) is 23.3 Å². The molecule has 0 saturated heterocycles. The van der Waals surface area contributed by atoms with Gasteiger partial charge in [0.05, 0.1) is 11.9 Å². The summed E-state index contributed by atoms with van der Waals surface area (Å²) in [6.07, 6.45) is 0.824. The van der Waals surface area contributed by atoms with Gasteiger partial charge in [0, 0.05) is 29.7 Å². The van der Waals surface area contributed by atoms with Crippen LogP contribution >= 0.6 is 23.2 Å². The fourth-order valence-corrected chi connectivity index (χ4v) is 4.19. The zero-order valence-corrected chi connectivity index (χ0v) is 19.7. The molecule has 1 atom stereocenters. The lowest BCUT2D eigenvalue weighted by atomic mass is 10.1. The van der Waals surface area contributed by atoms with Crippen molar-refractivity contribution >= 4 is 50.7 Å². The summed E-state index contributed by atoms with van der Waals surface area (Å²) in [5.41, 5.74) is 0.232. The number of hydrogen-bond donors (Lipinski definition) is 1. The Bertz CT molecular complexity index is 1130. The molecule has 0 fully saturated rings. The van der Waals surface area contributed by atoms with Gasteiger partial charge in [-0.3, -0.25) is 13.9 Å². The molecule has 0 aromatic heterocycles. The van der Waals surface area contributed by atoms with Crippen LogP contribution in [0.25, 0.3) is 0 Å². The van der Waals surface area contributed by atoms with Crippen molar-refractivity contribution in [3.8, 4) is 0 Å². The van der Waals surface area contributed by atoms with Crippen LogP contribution in [-0.4, -0.2) is 51.0 Å².